The van der Waals surface area contributed by atoms with Crippen LogP contribution in [0.1, 0.15) is 29.0 Å². The van der Waals surface area contributed by atoms with E-state index in [9.17, 15) is 9.90 Å². The fourth-order valence-corrected chi connectivity index (χ4v) is 4.09. The fraction of sp³-hybridized carbons (Fsp3) is 0.778. The van der Waals surface area contributed by atoms with Crippen molar-refractivity contribution < 1.29 is 9.90 Å². The van der Waals surface area contributed by atoms with E-state index in [4.69, 9.17) is 0 Å². The molecule has 2 unspecified atom stereocenters. The number of carbonyl (C=O) groups is 1. The van der Waals surface area contributed by atoms with Crippen LogP contribution in [0.25, 0.3) is 0 Å². The molecule has 1 aromatic heterocycles. The number of aromatic nitrogens is 2. The van der Waals surface area contributed by atoms with Crippen molar-refractivity contribution >= 4 is 5.91 Å². The van der Waals surface area contributed by atoms with Gasteiger partial charge in [0.05, 0.1) is 0 Å². The molecule has 1 amide bonds. The molecule has 2 fully saturated rings. The summed E-state index contributed by atoms with van der Waals surface area (Å²) in [6.45, 7) is 8.90. The molecule has 2 atom stereocenters. The number of likely N-dealkylation sites (tertiary alicyclic amines) is 1. The lowest BCUT2D eigenvalue weighted by Gasteiger charge is -2.39. The molecule has 0 bridgehead atoms. The summed E-state index contributed by atoms with van der Waals surface area (Å²) in [6.07, 6.45) is 2.19. The number of aromatic amines is 1. The zero-order chi connectivity index (χ0) is 17.8. The minimum atomic E-state index is -0.0249. The highest BCUT2D eigenvalue weighted by Gasteiger charge is 2.32. The number of H-pyrrole nitrogens is 1. The number of carbonyl (C=O) groups excluding carboxylic acids is 1. The summed E-state index contributed by atoms with van der Waals surface area (Å²) in [7, 11) is 2.18. The largest absolute Gasteiger partial charge is 0.396 e. The van der Waals surface area contributed by atoms with Gasteiger partial charge in [-0.2, -0.15) is 5.10 Å². The maximum Gasteiger partial charge on any atom is 0.274 e. The van der Waals surface area contributed by atoms with E-state index >= 15 is 0 Å². The van der Waals surface area contributed by atoms with Crippen molar-refractivity contribution in [1.82, 2.24) is 24.9 Å². The third kappa shape index (κ3) is 4.80. The van der Waals surface area contributed by atoms with E-state index in [1.165, 1.54) is 6.42 Å². The molecule has 2 saturated heterocycles. The number of nitrogens with one attached hydrogen (secondary N) is 1. The Bertz CT molecular complexity index is 576. The van der Waals surface area contributed by atoms with Crippen LogP contribution in [-0.2, 0) is 0 Å². The second kappa shape index (κ2) is 8.29. The molecule has 7 heteroatoms. The molecule has 2 N–H and O–H groups in total. The normalized spacial score (nSPS) is 26.6. The smallest absolute Gasteiger partial charge is 0.274 e. The summed E-state index contributed by atoms with van der Waals surface area (Å²) in [4.78, 5) is 19.5. The first kappa shape index (κ1) is 18.4. The first-order valence-corrected chi connectivity index (χ1v) is 9.38. The summed E-state index contributed by atoms with van der Waals surface area (Å²) < 4.78 is 0. The van der Waals surface area contributed by atoms with Crippen LogP contribution >= 0.6 is 0 Å². The van der Waals surface area contributed by atoms with Gasteiger partial charge in [-0.25, -0.2) is 0 Å². The lowest BCUT2D eigenvalue weighted by Crippen LogP contribution is -2.48. The Morgan fingerprint density at radius 3 is 2.80 bits per heavy atom. The van der Waals surface area contributed by atoms with Crippen LogP contribution in [0.3, 0.4) is 0 Å². The van der Waals surface area contributed by atoms with Gasteiger partial charge in [-0.1, -0.05) is 0 Å². The highest BCUT2D eigenvalue weighted by molar-refractivity contribution is 5.92. The Hall–Kier alpha value is -1.44. The van der Waals surface area contributed by atoms with Gasteiger partial charge in [-0.15, -0.1) is 0 Å². The SMILES string of the molecule is Cc1cc(C(=O)N2CC(CO)CC(CN3CCCN(C)CC3)C2)n[nH]1. The summed E-state index contributed by atoms with van der Waals surface area (Å²) in [5.74, 6) is 0.554. The fourth-order valence-electron chi connectivity index (χ4n) is 4.09. The van der Waals surface area contributed by atoms with Crippen LogP contribution in [0.4, 0.5) is 0 Å². The van der Waals surface area contributed by atoms with Crippen LogP contribution in [-0.4, -0.2) is 95.4 Å². The van der Waals surface area contributed by atoms with Crippen molar-refractivity contribution in [1.29, 1.82) is 0 Å². The van der Waals surface area contributed by atoms with Crippen LogP contribution in [0, 0.1) is 18.8 Å². The summed E-state index contributed by atoms with van der Waals surface area (Å²) in [5.41, 5.74) is 1.37. The quantitative estimate of drug-likeness (QED) is 0.824. The highest BCUT2D eigenvalue weighted by Crippen LogP contribution is 2.24. The van der Waals surface area contributed by atoms with Crippen LogP contribution in [0.2, 0.25) is 0 Å². The number of aliphatic hydroxyl groups is 1. The van der Waals surface area contributed by atoms with Gasteiger partial charge in [0.15, 0.2) is 0 Å². The number of aliphatic hydroxyl groups excluding tert-OH is 1. The van der Waals surface area contributed by atoms with Crippen molar-refractivity contribution in [3.05, 3.63) is 17.5 Å². The minimum Gasteiger partial charge on any atom is -0.396 e. The number of amides is 1. The molecule has 0 spiro atoms. The lowest BCUT2D eigenvalue weighted by atomic mass is 9.89. The average molecular weight is 349 g/mol. The molecule has 0 aromatic carbocycles. The Kier molecular flexibility index (Phi) is 6.09. The second-order valence-electron chi connectivity index (χ2n) is 7.75. The predicted octanol–water partition coefficient (Wildman–Crippen LogP) is 0.426. The Morgan fingerprint density at radius 1 is 1.28 bits per heavy atom. The molecule has 3 heterocycles. The molecule has 2 aliphatic rings. The topological polar surface area (TPSA) is 75.7 Å². The molecule has 140 valence electrons. The van der Waals surface area contributed by atoms with Gasteiger partial charge in [0.1, 0.15) is 5.69 Å². The second-order valence-corrected chi connectivity index (χ2v) is 7.75. The Labute approximate surface area is 150 Å². The van der Waals surface area contributed by atoms with Crippen molar-refractivity contribution in [2.24, 2.45) is 11.8 Å². The number of rotatable bonds is 4. The average Bonchev–Trinajstić information content (AvgIpc) is 2.94. The summed E-state index contributed by atoms with van der Waals surface area (Å²) in [6, 6.07) is 1.80. The standard InChI is InChI=1S/C18H31N5O2/c1-14-8-17(20-19-14)18(25)23-11-15(9-16(12-23)13-24)10-22-5-3-4-21(2)6-7-22/h8,15-16,24H,3-7,9-13H2,1-2H3,(H,19,20). The number of likely N-dealkylation sites (N-methyl/N-ethyl adjacent to an activating group) is 1. The molecule has 25 heavy (non-hydrogen) atoms. The zero-order valence-electron chi connectivity index (χ0n) is 15.4. The summed E-state index contributed by atoms with van der Waals surface area (Å²) in [5, 5.41) is 16.6. The first-order chi connectivity index (χ1) is 12.0. The lowest BCUT2D eigenvalue weighted by molar-refractivity contribution is 0.0449. The molecule has 0 radical (unpaired) electrons. The van der Waals surface area contributed by atoms with E-state index in [2.05, 4.69) is 27.0 Å². The molecule has 0 aliphatic carbocycles. The van der Waals surface area contributed by atoms with Crippen molar-refractivity contribution in [2.45, 2.75) is 19.8 Å². The van der Waals surface area contributed by atoms with Gasteiger partial charge in [-0.3, -0.25) is 9.89 Å². The number of nitrogens with zero attached hydrogens (tertiary/aromatic N) is 4. The van der Waals surface area contributed by atoms with E-state index in [1.54, 1.807) is 6.07 Å². The molecular weight excluding hydrogens is 318 g/mol. The van der Waals surface area contributed by atoms with Crippen molar-refractivity contribution in [3.63, 3.8) is 0 Å². The monoisotopic (exact) mass is 349 g/mol. The van der Waals surface area contributed by atoms with E-state index in [0.29, 0.717) is 18.2 Å². The Morgan fingerprint density at radius 2 is 2.08 bits per heavy atom. The molecule has 1 aromatic rings. The van der Waals surface area contributed by atoms with Crippen LogP contribution in [0.5, 0.6) is 0 Å². The van der Waals surface area contributed by atoms with Crippen LogP contribution < -0.4 is 0 Å². The van der Waals surface area contributed by atoms with Gasteiger partial charge < -0.3 is 19.8 Å². The number of aryl methyl sites for hydroxylation is 1. The van der Waals surface area contributed by atoms with Gasteiger partial charge in [0, 0.05) is 45.0 Å². The van der Waals surface area contributed by atoms with Crippen molar-refractivity contribution in [2.75, 3.05) is 59.5 Å². The molecule has 3 rings (SSSR count). The number of hydrogen-bond donors (Lipinski definition) is 2. The number of hydrogen-bond acceptors (Lipinski definition) is 5. The van der Waals surface area contributed by atoms with Crippen LogP contribution in [0.15, 0.2) is 6.07 Å². The third-order valence-electron chi connectivity index (χ3n) is 5.42. The van der Waals surface area contributed by atoms with E-state index < -0.39 is 0 Å². The molecule has 2 aliphatic heterocycles. The Balaban J connectivity index is 1.62. The maximum absolute atomic E-state index is 12.8. The molecule has 7 nitrogen and oxygen atoms in total. The summed E-state index contributed by atoms with van der Waals surface area (Å²) >= 11 is 0. The van der Waals surface area contributed by atoms with E-state index in [1.807, 2.05) is 11.8 Å². The highest BCUT2D eigenvalue weighted by atomic mass is 16.3. The van der Waals surface area contributed by atoms with Gasteiger partial charge in [0.2, 0.25) is 0 Å². The first-order valence-electron chi connectivity index (χ1n) is 9.38. The predicted molar refractivity (Wildman–Crippen MR) is 96.5 cm³/mol. The zero-order valence-corrected chi connectivity index (χ0v) is 15.4. The van der Waals surface area contributed by atoms with E-state index in [-0.39, 0.29) is 18.4 Å². The van der Waals surface area contributed by atoms with Gasteiger partial charge in [-0.05, 0) is 57.8 Å². The number of piperidine rings is 1. The maximum atomic E-state index is 12.8. The van der Waals surface area contributed by atoms with E-state index in [0.717, 1.165) is 51.4 Å². The minimum absolute atomic E-state index is 0.0249. The third-order valence-corrected chi connectivity index (χ3v) is 5.42. The van der Waals surface area contributed by atoms with Gasteiger partial charge >= 0.3 is 0 Å². The molecule has 0 saturated carbocycles. The van der Waals surface area contributed by atoms with Crippen molar-refractivity contribution in [3.8, 4) is 0 Å². The van der Waals surface area contributed by atoms with Gasteiger partial charge in [0.25, 0.3) is 5.91 Å². The molecular formula is C18H31N5O2.